The number of phenols is 1. The number of carboxylic acids is 1. The Labute approximate surface area is 99.1 Å². The number of fused-ring (bicyclic) bond motifs is 1. The fourth-order valence-electron chi connectivity index (χ4n) is 2.33. The van der Waals surface area contributed by atoms with E-state index in [1.165, 1.54) is 0 Å². The maximum Gasteiger partial charge on any atom is 0.338 e. The molecule has 1 aromatic carbocycles. The summed E-state index contributed by atoms with van der Waals surface area (Å²) in [6.07, 6.45) is 0.604. The first-order chi connectivity index (χ1) is 7.99. The van der Waals surface area contributed by atoms with E-state index in [0.717, 1.165) is 5.52 Å². The van der Waals surface area contributed by atoms with Crippen LogP contribution in [0.1, 0.15) is 28.5 Å². The van der Waals surface area contributed by atoms with E-state index < -0.39 is 5.97 Å². The van der Waals surface area contributed by atoms with E-state index in [2.05, 4.69) is 0 Å². The van der Waals surface area contributed by atoms with Crippen LogP contribution in [0.4, 0.5) is 0 Å². The first kappa shape index (κ1) is 11.5. The molecule has 0 spiro atoms. The van der Waals surface area contributed by atoms with E-state index in [9.17, 15) is 15.0 Å². The van der Waals surface area contributed by atoms with Gasteiger partial charge in [0.15, 0.2) is 0 Å². The van der Waals surface area contributed by atoms with Crippen molar-refractivity contribution in [2.75, 3.05) is 0 Å². The van der Waals surface area contributed by atoms with Gasteiger partial charge in [0, 0.05) is 29.2 Å². The van der Waals surface area contributed by atoms with Crippen molar-refractivity contribution in [1.29, 1.82) is 0 Å². The van der Waals surface area contributed by atoms with Crippen LogP contribution in [0, 0.1) is 6.92 Å². The molecule has 17 heavy (non-hydrogen) atoms. The van der Waals surface area contributed by atoms with Gasteiger partial charge in [-0.2, -0.15) is 0 Å². The molecule has 0 saturated heterocycles. The highest BCUT2D eigenvalue weighted by molar-refractivity contribution is 6.07. The van der Waals surface area contributed by atoms with Gasteiger partial charge in [-0.1, -0.05) is 6.92 Å². The van der Waals surface area contributed by atoms with Crippen LogP contribution in [-0.2, 0) is 13.5 Å². The van der Waals surface area contributed by atoms with Crippen molar-refractivity contribution < 1.29 is 15.0 Å². The number of aromatic carboxylic acids is 1. The lowest BCUT2D eigenvalue weighted by atomic mass is 10.0. The SMILES string of the molecule is CCc1c(O)ccc2c1c(C(=O)O)c(C)n2C. The van der Waals surface area contributed by atoms with Crippen molar-refractivity contribution in [1.82, 2.24) is 4.57 Å². The molecule has 0 aliphatic carbocycles. The lowest BCUT2D eigenvalue weighted by Crippen LogP contribution is -2.00. The smallest absolute Gasteiger partial charge is 0.338 e. The minimum atomic E-state index is -0.951. The van der Waals surface area contributed by atoms with Gasteiger partial charge in [0.1, 0.15) is 5.75 Å². The number of nitrogens with zero attached hydrogens (tertiary/aromatic N) is 1. The van der Waals surface area contributed by atoms with Gasteiger partial charge in [-0.25, -0.2) is 4.79 Å². The van der Waals surface area contributed by atoms with Crippen LogP contribution in [-0.4, -0.2) is 20.7 Å². The number of aromatic hydroxyl groups is 1. The minimum Gasteiger partial charge on any atom is -0.508 e. The molecule has 0 fully saturated rings. The summed E-state index contributed by atoms with van der Waals surface area (Å²) in [6, 6.07) is 3.37. The molecular formula is C13H15NO3. The van der Waals surface area contributed by atoms with Crippen molar-refractivity contribution in [2.24, 2.45) is 7.05 Å². The number of aryl methyl sites for hydroxylation is 2. The molecule has 0 saturated carbocycles. The molecule has 0 bridgehead atoms. The lowest BCUT2D eigenvalue weighted by molar-refractivity contribution is 0.0698. The standard InChI is InChI=1S/C13H15NO3/c1-4-8-10(15)6-5-9-12(8)11(13(16)17)7(2)14(9)3/h5-6,15H,4H2,1-3H3,(H,16,17). The fourth-order valence-corrected chi connectivity index (χ4v) is 2.33. The quantitative estimate of drug-likeness (QED) is 0.837. The largest absolute Gasteiger partial charge is 0.508 e. The minimum absolute atomic E-state index is 0.160. The molecule has 4 heteroatoms. The second-order valence-electron chi connectivity index (χ2n) is 4.14. The normalized spacial score (nSPS) is 11.0. The molecule has 0 aliphatic heterocycles. The Morgan fingerprint density at radius 2 is 2.06 bits per heavy atom. The Bertz CT molecular complexity index is 611. The molecule has 90 valence electrons. The summed E-state index contributed by atoms with van der Waals surface area (Å²) < 4.78 is 1.84. The Hall–Kier alpha value is -1.97. The van der Waals surface area contributed by atoms with Gasteiger partial charge in [0.2, 0.25) is 0 Å². The molecule has 0 unspecified atom stereocenters. The van der Waals surface area contributed by atoms with Crippen molar-refractivity contribution in [3.05, 3.63) is 29.0 Å². The van der Waals surface area contributed by atoms with E-state index in [4.69, 9.17) is 0 Å². The number of phenolic OH excluding ortho intramolecular Hbond substituents is 1. The fraction of sp³-hybridized carbons (Fsp3) is 0.308. The zero-order valence-corrected chi connectivity index (χ0v) is 10.1. The molecule has 1 heterocycles. The molecule has 0 atom stereocenters. The molecule has 2 aromatic rings. The molecular weight excluding hydrogens is 218 g/mol. The van der Waals surface area contributed by atoms with Crippen LogP contribution in [0.3, 0.4) is 0 Å². The summed E-state index contributed by atoms with van der Waals surface area (Å²) in [6.45, 7) is 3.68. The average molecular weight is 233 g/mol. The number of carbonyl (C=O) groups is 1. The van der Waals surface area contributed by atoms with Gasteiger partial charge in [0.25, 0.3) is 0 Å². The van der Waals surface area contributed by atoms with Crippen LogP contribution in [0.5, 0.6) is 5.75 Å². The number of rotatable bonds is 2. The zero-order chi connectivity index (χ0) is 12.7. The summed E-state index contributed by atoms with van der Waals surface area (Å²) in [5, 5.41) is 19.8. The summed E-state index contributed by atoms with van der Waals surface area (Å²) >= 11 is 0. The second-order valence-corrected chi connectivity index (χ2v) is 4.14. The summed E-state index contributed by atoms with van der Waals surface area (Å²) in [5.41, 5.74) is 2.53. The van der Waals surface area contributed by atoms with E-state index in [0.29, 0.717) is 23.1 Å². The highest BCUT2D eigenvalue weighted by Gasteiger charge is 2.21. The second kappa shape index (κ2) is 3.80. The maximum atomic E-state index is 11.3. The Kier molecular flexibility index (Phi) is 2.58. The van der Waals surface area contributed by atoms with Crippen LogP contribution >= 0.6 is 0 Å². The van der Waals surface area contributed by atoms with E-state index in [-0.39, 0.29) is 11.3 Å². The molecule has 0 aliphatic rings. The van der Waals surface area contributed by atoms with Gasteiger partial charge in [-0.15, -0.1) is 0 Å². The summed E-state index contributed by atoms with van der Waals surface area (Å²) in [5.74, 6) is -0.790. The number of hydrogen-bond donors (Lipinski definition) is 2. The van der Waals surface area contributed by atoms with E-state index in [1.54, 1.807) is 19.1 Å². The first-order valence-corrected chi connectivity index (χ1v) is 5.52. The summed E-state index contributed by atoms with van der Waals surface area (Å²) in [7, 11) is 1.83. The Balaban J connectivity index is 3.02. The molecule has 4 nitrogen and oxygen atoms in total. The van der Waals surface area contributed by atoms with Gasteiger partial charge in [-0.3, -0.25) is 0 Å². The Morgan fingerprint density at radius 1 is 1.41 bits per heavy atom. The van der Waals surface area contributed by atoms with Crippen LogP contribution < -0.4 is 0 Å². The highest BCUT2D eigenvalue weighted by atomic mass is 16.4. The topological polar surface area (TPSA) is 62.5 Å². The van der Waals surface area contributed by atoms with Gasteiger partial charge in [-0.05, 0) is 25.5 Å². The first-order valence-electron chi connectivity index (χ1n) is 5.52. The number of aromatic nitrogens is 1. The monoisotopic (exact) mass is 233 g/mol. The van der Waals surface area contributed by atoms with E-state index in [1.807, 2.05) is 18.5 Å². The highest BCUT2D eigenvalue weighted by Crippen LogP contribution is 2.33. The number of hydrogen-bond acceptors (Lipinski definition) is 2. The third-order valence-corrected chi connectivity index (χ3v) is 3.31. The molecule has 2 rings (SSSR count). The molecule has 0 radical (unpaired) electrons. The molecule has 1 aromatic heterocycles. The van der Waals surface area contributed by atoms with Crippen molar-refractivity contribution in [2.45, 2.75) is 20.3 Å². The van der Waals surface area contributed by atoms with Crippen molar-refractivity contribution in [3.63, 3.8) is 0 Å². The predicted molar refractivity (Wildman–Crippen MR) is 65.7 cm³/mol. The molecule has 0 amide bonds. The van der Waals surface area contributed by atoms with E-state index >= 15 is 0 Å². The molecule has 2 N–H and O–H groups in total. The van der Waals surface area contributed by atoms with Crippen molar-refractivity contribution in [3.8, 4) is 5.75 Å². The predicted octanol–water partition coefficient (Wildman–Crippen LogP) is 2.45. The van der Waals surface area contributed by atoms with Crippen LogP contribution in [0.15, 0.2) is 12.1 Å². The number of benzene rings is 1. The zero-order valence-electron chi connectivity index (χ0n) is 10.1. The third-order valence-electron chi connectivity index (χ3n) is 3.31. The van der Waals surface area contributed by atoms with Gasteiger partial charge >= 0.3 is 5.97 Å². The Morgan fingerprint density at radius 3 is 2.59 bits per heavy atom. The lowest BCUT2D eigenvalue weighted by Gasteiger charge is -2.05. The van der Waals surface area contributed by atoms with Crippen LogP contribution in [0.25, 0.3) is 10.9 Å². The average Bonchev–Trinajstić information content (AvgIpc) is 2.52. The van der Waals surface area contributed by atoms with Gasteiger partial charge in [0.05, 0.1) is 5.56 Å². The van der Waals surface area contributed by atoms with Gasteiger partial charge < -0.3 is 14.8 Å². The third kappa shape index (κ3) is 1.48. The maximum absolute atomic E-state index is 11.3. The number of carboxylic acid groups (broad SMARTS) is 1. The summed E-state index contributed by atoms with van der Waals surface area (Å²) in [4.78, 5) is 11.3. The van der Waals surface area contributed by atoms with Crippen molar-refractivity contribution >= 4 is 16.9 Å². The van der Waals surface area contributed by atoms with Crippen LogP contribution in [0.2, 0.25) is 0 Å².